The van der Waals surface area contributed by atoms with E-state index in [4.69, 9.17) is 0 Å². The number of anilines is 2. The number of aromatic nitrogens is 2. The lowest BCUT2D eigenvalue weighted by Crippen LogP contribution is -2.49. The van der Waals surface area contributed by atoms with Gasteiger partial charge in [0.05, 0.1) is 12.4 Å². The van der Waals surface area contributed by atoms with Gasteiger partial charge in [0.1, 0.15) is 11.5 Å². The van der Waals surface area contributed by atoms with Gasteiger partial charge in [-0.15, -0.1) is 0 Å². The first-order valence-corrected chi connectivity index (χ1v) is 9.43. The highest BCUT2D eigenvalue weighted by atomic mass is 16.2. The predicted molar refractivity (Wildman–Crippen MR) is 108 cm³/mol. The summed E-state index contributed by atoms with van der Waals surface area (Å²) in [7, 11) is 4.11. The molecule has 0 aliphatic carbocycles. The van der Waals surface area contributed by atoms with Crippen molar-refractivity contribution in [2.75, 3.05) is 63.6 Å². The molecule has 0 spiro atoms. The predicted octanol–water partition coefficient (Wildman–Crippen LogP) is 1.80. The Bertz CT molecular complexity index is 711. The molecule has 7 heteroatoms. The quantitative estimate of drug-likeness (QED) is 0.752. The van der Waals surface area contributed by atoms with E-state index < -0.39 is 0 Å². The van der Waals surface area contributed by atoms with Crippen molar-refractivity contribution in [3.63, 3.8) is 0 Å². The summed E-state index contributed by atoms with van der Waals surface area (Å²) in [6, 6.07) is 10.3. The van der Waals surface area contributed by atoms with Crippen LogP contribution in [0.15, 0.2) is 42.7 Å². The van der Waals surface area contributed by atoms with E-state index in [1.807, 2.05) is 23.1 Å². The average molecular weight is 368 g/mol. The smallest absolute Gasteiger partial charge is 0.274 e. The van der Waals surface area contributed by atoms with Crippen LogP contribution in [-0.2, 0) is 0 Å². The van der Waals surface area contributed by atoms with E-state index in [2.05, 4.69) is 51.3 Å². The maximum Gasteiger partial charge on any atom is 0.274 e. The van der Waals surface area contributed by atoms with Gasteiger partial charge in [0, 0.05) is 38.4 Å². The normalized spacial score (nSPS) is 14.5. The van der Waals surface area contributed by atoms with Crippen molar-refractivity contribution < 1.29 is 4.79 Å². The molecule has 0 saturated carbocycles. The molecule has 0 bridgehead atoms. The fourth-order valence-corrected chi connectivity index (χ4v) is 3.11. The third-order valence-electron chi connectivity index (χ3n) is 4.65. The van der Waals surface area contributed by atoms with Crippen LogP contribution in [0.3, 0.4) is 0 Å². The molecule has 2 heterocycles. The van der Waals surface area contributed by atoms with E-state index >= 15 is 0 Å². The van der Waals surface area contributed by atoms with Crippen molar-refractivity contribution in [3.8, 4) is 0 Å². The monoisotopic (exact) mass is 368 g/mol. The third-order valence-corrected chi connectivity index (χ3v) is 4.65. The number of rotatable bonds is 7. The highest BCUT2D eigenvalue weighted by molar-refractivity contribution is 5.92. The molecule has 1 saturated heterocycles. The molecular formula is C20H28N6O. The van der Waals surface area contributed by atoms with E-state index in [9.17, 15) is 4.79 Å². The molecule has 0 radical (unpaired) electrons. The van der Waals surface area contributed by atoms with Crippen molar-refractivity contribution in [2.45, 2.75) is 6.42 Å². The summed E-state index contributed by atoms with van der Waals surface area (Å²) in [5, 5.41) is 3.24. The molecule has 3 rings (SSSR count). The Morgan fingerprint density at radius 1 is 1.07 bits per heavy atom. The minimum absolute atomic E-state index is 0.0469. The Morgan fingerprint density at radius 2 is 1.81 bits per heavy atom. The van der Waals surface area contributed by atoms with Crippen LogP contribution in [-0.4, -0.2) is 79.0 Å². The maximum absolute atomic E-state index is 12.7. The summed E-state index contributed by atoms with van der Waals surface area (Å²) in [5.74, 6) is 0.661. The summed E-state index contributed by atoms with van der Waals surface area (Å²) in [5.41, 5.74) is 1.61. The molecule has 7 nitrogen and oxygen atoms in total. The standard InChI is InChI=1S/C20H28N6O/c1-24(2)10-6-9-21-19-16-22-18(15-23-19)20(27)26-13-11-25(12-14-26)17-7-4-3-5-8-17/h3-5,7-8,15-16H,6,9-14H2,1-2H3,(H,21,23). The van der Waals surface area contributed by atoms with Crippen LogP contribution in [0.25, 0.3) is 0 Å². The van der Waals surface area contributed by atoms with Gasteiger partial charge in [-0.2, -0.15) is 0 Å². The van der Waals surface area contributed by atoms with E-state index in [-0.39, 0.29) is 5.91 Å². The number of para-hydroxylation sites is 1. The summed E-state index contributed by atoms with van der Waals surface area (Å²) in [6.07, 6.45) is 4.24. The number of nitrogens with zero attached hydrogens (tertiary/aromatic N) is 5. The summed E-state index contributed by atoms with van der Waals surface area (Å²) < 4.78 is 0. The molecule has 0 unspecified atom stereocenters. The van der Waals surface area contributed by atoms with E-state index in [0.717, 1.165) is 32.6 Å². The SMILES string of the molecule is CN(C)CCCNc1cnc(C(=O)N2CCN(c3ccccc3)CC2)cn1. The zero-order chi connectivity index (χ0) is 19.1. The van der Waals surface area contributed by atoms with Gasteiger partial charge in [-0.25, -0.2) is 9.97 Å². The lowest BCUT2D eigenvalue weighted by atomic mass is 10.2. The van der Waals surface area contributed by atoms with Gasteiger partial charge >= 0.3 is 0 Å². The average Bonchev–Trinajstić information content (AvgIpc) is 2.72. The Balaban J connectivity index is 1.48. The van der Waals surface area contributed by atoms with Gasteiger partial charge in [-0.05, 0) is 39.2 Å². The number of hydrogen-bond donors (Lipinski definition) is 1. The minimum Gasteiger partial charge on any atom is -0.369 e. The zero-order valence-corrected chi connectivity index (χ0v) is 16.1. The van der Waals surface area contributed by atoms with Gasteiger partial charge in [0.25, 0.3) is 5.91 Å². The molecule has 1 aromatic carbocycles. The Morgan fingerprint density at radius 3 is 2.44 bits per heavy atom. The molecule has 0 atom stereocenters. The fourth-order valence-electron chi connectivity index (χ4n) is 3.11. The molecule has 144 valence electrons. The second-order valence-electron chi connectivity index (χ2n) is 6.99. The highest BCUT2D eigenvalue weighted by Crippen LogP contribution is 2.16. The lowest BCUT2D eigenvalue weighted by Gasteiger charge is -2.35. The topological polar surface area (TPSA) is 64.6 Å². The third kappa shape index (κ3) is 5.40. The van der Waals surface area contributed by atoms with Gasteiger partial charge in [-0.3, -0.25) is 4.79 Å². The largest absolute Gasteiger partial charge is 0.369 e. The van der Waals surface area contributed by atoms with Crippen molar-refractivity contribution >= 4 is 17.4 Å². The fraction of sp³-hybridized carbons (Fsp3) is 0.450. The first-order valence-electron chi connectivity index (χ1n) is 9.43. The summed E-state index contributed by atoms with van der Waals surface area (Å²) in [4.78, 5) is 27.6. The highest BCUT2D eigenvalue weighted by Gasteiger charge is 2.23. The number of carbonyl (C=O) groups excluding carboxylic acids is 1. The summed E-state index contributed by atoms with van der Waals surface area (Å²) in [6.45, 7) is 4.90. The van der Waals surface area contributed by atoms with E-state index in [1.165, 1.54) is 5.69 Å². The first kappa shape index (κ1) is 19.1. The van der Waals surface area contributed by atoms with Gasteiger partial charge in [0.15, 0.2) is 0 Å². The number of piperazine rings is 1. The minimum atomic E-state index is -0.0469. The van der Waals surface area contributed by atoms with Crippen molar-refractivity contribution in [1.29, 1.82) is 0 Å². The van der Waals surface area contributed by atoms with Crippen molar-refractivity contribution in [3.05, 3.63) is 48.4 Å². The van der Waals surface area contributed by atoms with E-state index in [1.54, 1.807) is 12.4 Å². The zero-order valence-electron chi connectivity index (χ0n) is 16.1. The van der Waals surface area contributed by atoms with Gasteiger partial charge < -0.3 is 20.0 Å². The van der Waals surface area contributed by atoms with Crippen LogP contribution in [0, 0.1) is 0 Å². The van der Waals surface area contributed by atoms with Crippen LogP contribution in [0.1, 0.15) is 16.9 Å². The molecular weight excluding hydrogens is 340 g/mol. The second-order valence-corrected chi connectivity index (χ2v) is 6.99. The molecule has 1 N–H and O–H groups in total. The van der Waals surface area contributed by atoms with Crippen LogP contribution < -0.4 is 10.2 Å². The van der Waals surface area contributed by atoms with Crippen molar-refractivity contribution in [1.82, 2.24) is 19.8 Å². The lowest BCUT2D eigenvalue weighted by molar-refractivity contribution is 0.0740. The molecule has 1 aliphatic rings. The number of benzene rings is 1. The maximum atomic E-state index is 12.7. The number of carbonyl (C=O) groups is 1. The summed E-state index contributed by atoms with van der Waals surface area (Å²) >= 11 is 0. The Hall–Kier alpha value is -2.67. The molecule has 2 aromatic rings. The molecule has 1 aromatic heterocycles. The Labute approximate surface area is 161 Å². The number of amides is 1. The number of hydrogen-bond acceptors (Lipinski definition) is 6. The molecule has 1 fully saturated rings. The Kier molecular flexibility index (Phi) is 6.59. The van der Waals surface area contributed by atoms with Crippen LogP contribution in [0.4, 0.5) is 11.5 Å². The van der Waals surface area contributed by atoms with E-state index in [0.29, 0.717) is 24.6 Å². The van der Waals surface area contributed by atoms with Gasteiger partial charge in [-0.1, -0.05) is 18.2 Å². The molecule has 27 heavy (non-hydrogen) atoms. The van der Waals surface area contributed by atoms with Crippen LogP contribution >= 0.6 is 0 Å². The van der Waals surface area contributed by atoms with Crippen LogP contribution in [0.5, 0.6) is 0 Å². The first-order chi connectivity index (χ1) is 13.1. The number of nitrogens with one attached hydrogen (secondary N) is 1. The molecule has 1 aliphatic heterocycles. The second kappa shape index (κ2) is 9.32. The molecule has 1 amide bonds. The van der Waals surface area contributed by atoms with Crippen LogP contribution in [0.2, 0.25) is 0 Å². The van der Waals surface area contributed by atoms with Crippen molar-refractivity contribution in [2.24, 2.45) is 0 Å². The van der Waals surface area contributed by atoms with Gasteiger partial charge in [0.2, 0.25) is 0 Å².